The fraction of sp³-hybridized carbons (Fsp3) is 0.867. The molecule has 1 saturated carbocycles. The van der Waals surface area contributed by atoms with Crippen molar-refractivity contribution in [2.45, 2.75) is 45.1 Å². The normalized spacial score (nSPS) is 25.2. The Balaban J connectivity index is 1.51. The van der Waals surface area contributed by atoms with E-state index in [2.05, 4.69) is 0 Å². The van der Waals surface area contributed by atoms with E-state index in [0.29, 0.717) is 17.9 Å². The van der Waals surface area contributed by atoms with E-state index in [1.54, 1.807) is 0 Å². The Morgan fingerprint density at radius 3 is 2.30 bits per heavy atom. The van der Waals surface area contributed by atoms with E-state index in [4.69, 9.17) is 0 Å². The number of hydrogen-bond acceptors (Lipinski definition) is 2. The predicted molar refractivity (Wildman–Crippen MR) is 76.3 cm³/mol. The van der Waals surface area contributed by atoms with Gasteiger partial charge in [0.15, 0.2) is 0 Å². The van der Waals surface area contributed by atoms with Crippen molar-refractivity contribution in [2.75, 3.05) is 32.7 Å². The van der Waals surface area contributed by atoms with Crippen LogP contribution in [0.25, 0.3) is 0 Å². The molecule has 0 aromatic carbocycles. The lowest BCUT2D eigenvalue weighted by atomic mass is 9.84. The molecule has 3 fully saturated rings. The molecule has 2 aliphatic heterocycles. The highest BCUT2D eigenvalue weighted by molar-refractivity contribution is 5.80. The first-order valence-electron chi connectivity index (χ1n) is 8.05. The van der Waals surface area contributed by atoms with Crippen molar-refractivity contribution in [1.82, 2.24) is 14.7 Å². The van der Waals surface area contributed by atoms with Crippen LogP contribution in [0, 0.1) is 5.92 Å². The summed E-state index contributed by atoms with van der Waals surface area (Å²) in [6.07, 6.45) is 5.26. The van der Waals surface area contributed by atoms with Gasteiger partial charge in [0.05, 0.1) is 0 Å². The second-order valence-corrected chi connectivity index (χ2v) is 6.24. The topological polar surface area (TPSA) is 43.9 Å². The zero-order valence-corrected chi connectivity index (χ0v) is 12.4. The molecular formula is C15H25N3O2. The molecule has 5 heteroatoms. The number of amides is 3. The smallest absolute Gasteiger partial charge is 0.320 e. The van der Waals surface area contributed by atoms with Gasteiger partial charge in [-0.25, -0.2) is 4.79 Å². The number of nitrogens with zero attached hydrogens (tertiary/aromatic N) is 3. The van der Waals surface area contributed by atoms with Gasteiger partial charge in [-0.2, -0.15) is 0 Å². The highest BCUT2D eigenvalue weighted by Crippen LogP contribution is 2.30. The number of carbonyl (C=O) groups excluding carboxylic acids is 2. The van der Waals surface area contributed by atoms with Crippen molar-refractivity contribution < 1.29 is 9.59 Å². The van der Waals surface area contributed by atoms with Crippen LogP contribution in [0.5, 0.6) is 0 Å². The van der Waals surface area contributed by atoms with Gasteiger partial charge in [-0.15, -0.1) is 0 Å². The Morgan fingerprint density at radius 1 is 1.10 bits per heavy atom. The van der Waals surface area contributed by atoms with Gasteiger partial charge in [0.25, 0.3) is 0 Å². The second-order valence-electron chi connectivity index (χ2n) is 6.24. The molecule has 0 atom stereocenters. The van der Waals surface area contributed by atoms with Crippen molar-refractivity contribution in [3.63, 3.8) is 0 Å². The summed E-state index contributed by atoms with van der Waals surface area (Å²) < 4.78 is 0. The molecule has 112 valence electrons. The minimum atomic E-state index is 0.191. The summed E-state index contributed by atoms with van der Waals surface area (Å²) in [6, 6.07) is 0.528. The van der Waals surface area contributed by atoms with Gasteiger partial charge in [-0.05, 0) is 32.6 Å². The van der Waals surface area contributed by atoms with E-state index in [0.717, 1.165) is 58.4 Å². The van der Waals surface area contributed by atoms with Gasteiger partial charge < -0.3 is 14.7 Å². The van der Waals surface area contributed by atoms with Gasteiger partial charge in [0, 0.05) is 44.7 Å². The summed E-state index contributed by atoms with van der Waals surface area (Å²) in [7, 11) is 0. The van der Waals surface area contributed by atoms with E-state index in [9.17, 15) is 9.59 Å². The molecule has 0 unspecified atom stereocenters. The van der Waals surface area contributed by atoms with Crippen LogP contribution in [0.2, 0.25) is 0 Å². The highest BCUT2D eigenvalue weighted by Gasteiger charge is 2.37. The van der Waals surface area contributed by atoms with E-state index in [-0.39, 0.29) is 6.03 Å². The Hall–Kier alpha value is -1.26. The molecule has 5 nitrogen and oxygen atoms in total. The number of hydrogen-bond donors (Lipinski definition) is 0. The molecule has 0 aromatic heterocycles. The van der Waals surface area contributed by atoms with E-state index < -0.39 is 0 Å². The predicted octanol–water partition coefficient (Wildman–Crippen LogP) is 1.53. The number of urea groups is 1. The molecule has 0 aromatic rings. The van der Waals surface area contributed by atoms with Crippen LogP contribution < -0.4 is 0 Å². The molecule has 2 saturated heterocycles. The quantitative estimate of drug-likeness (QED) is 0.786. The van der Waals surface area contributed by atoms with E-state index in [1.165, 1.54) is 6.42 Å². The maximum Gasteiger partial charge on any atom is 0.320 e. The van der Waals surface area contributed by atoms with Crippen LogP contribution in [0.15, 0.2) is 0 Å². The van der Waals surface area contributed by atoms with Gasteiger partial charge in [-0.3, -0.25) is 4.79 Å². The maximum atomic E-state index is 12.2. The second kappa shape index (κ2) is 5.62. The first-order valence-corrected chi connectivity index (χ1v) is 8.05. The van der Waals surface area contributed by atoms with Crippen LogP contribution >= 0.6 is 0 Å². The lowest BCUT2D eigenvalue weighted by Crippen LogP contribution is -2.49. The Labute approximate surface area is 120 Å². The van der Waals surface area contributed by atoms with Gasteiger partial charge in [-0.1, -0.05) is 6.42 Å². The van der Waals surface area contributed by atoms with Crippen LogP contribution in [0.3, 0.4) is 0 Å². The number of piperidine rings is 1. The molecule has 1 aliphatic carbocycles. The van der Waals surface area contributed by atoms with E-state index >= 15 is 0 Å². The zero-order chi connectivity index (χ0) is 14.1. The lowest BCUT2D eigenvalue weighted by molar-refractivity contribution is -0.139. The molecule has 0 radical (unpaired) electrons. The summed E-state index contributed by atoms with van der Waals surface area (Å²) in [6.45, 7) is 6.20. The minimum Gasteiger partial charge on any atom is -0.342 e. The van der Waals surface area contributed by atoms with Crippen molar-refractivity contribution in [2.24, 2.45) is 5.92 Å². The third-order valence-electron chi connectivity index (χ3n) is 5.18. The third-order valence-corrected chi connectivity index (χ3v) is 5.18. The van der Waals surface area contributed by atoms with Crippen molar-refractivity contribution in [1.29, 1.82) is 0 Å². The number of likely N-dealkylation sites (tertiary alicyclic amines) is 1. The van der Waals surface area contributed by atoms with Crippen molar-refractivity contribution in [3.05, 3.63) is 0 Å². The average Bonchev–Trinajstić information content (AvgIpc) is 2.78. The SMILES string of the molecule is CCN1CCN(C2CCN(C(=O)C3CCC3)CC2)C1=O. The minimum absolute atomic E-state index is 0.191. The highest BCUT2D eigenvalue weighted by atomic mass is 16.2. The first kappa shape index (κ1) is 13.7. The molecule has 0 spiro atoms. The van der Waals surface area contributed by atoms with Crippen LogP contribution in [-0.4, -0.2) is 65.4 Å². The lowest BCUT2D eigenvalue weighted by Gasteiger charge is -2.39. The standard InChI is InChI=1S/C15H25N3O2/c1-2-16-10-11-18(15(16)20)13-6-8-17(9-7-13)14(19)12-4-3-5-12/h12-13H,2-11H2,1H3. The van der Waals surface area contributed by atoms with Crippen LogP contribution in [-0.2, 0) is 4.79 Å². The molecule has 3 rings (SSSR count). The van der Waals surface area contributed by atoms with Crippen molar-refractivity contribution >= 4 is 11.9 Å². The van der Waals surface area contributed by atoms with Crippen LogP contribution in [0.4, 0.5) is 4.79 Å². The summed E-state index contributed by atoms with van der Waals surface area (Å²) in [5.74, 6) is 0.660. The summed E-state index contributed by atoms with van der Waals surface area (Å²) in [5, 5.41) is 0. The van der Waals surface area contributed by atoms with Gasteiger partial charge >= 0.3 is 6.03 Å². The van der Waals surface area contributed by atoms with Gasteiger partial charge in [0.1, 0.15) is 0 Å². The summed E-state index contributed by atoms with van der Waals surface area (Å²) in [5.41, 5.74) is 0. The largest absolute Gasteiger partial charge is 0.342 e. The average molecular weight is 279 g/mol. The fourth-order valence-corrected chi connectivity index (χ4v) is 3.54. The van der Waals surface area contributed by atoms with E-state index in [1.807, 2.05) is 21.6 Å². The zero-order valence-electron chi connectivity index (χ0n) is 12.4. The summed E-state index contributed by atoms with van der Waals surface area (Å²) in [4.78, 5) is 30.4. The third kappa shape index (κ3) is 2.38. The monoisotopic (exact) mass is 279 g/mol. The number of likely N-dealkylation sites (N-methyl/N-ethyl adjacent to an activating group) is 1. The number of carbonyl (C=O) groups is 2. The molecule has 2 heterocycles. The maximum absolute atomic E-state index is 12.2. The van der Waals surface area contributed by atoms with Gasteiger partial charge in [0.2, 0.25) is 5.91 Å². The molecule has 20 heavy (non-hydrogen) atoms. The first-order chi connectivity index (χ1) is 9.70. The fourth-order valence-electron chi connectivity index (χ4n) is 3.54. The number of rotatable bonds is 3. The Bertz CT molecular complexity index is 387. The Kier molecular flexibility index (Phi) is 3.85. The molecule has 0 N–H and O–H groups in total. The molecule has 3 amide bonds. The molecular weight excluding hydrogens is 254 g/mol. The summed E-state index contributed by atoms with van der Waals surface area (Å²) >= 11 is 0. The molecule has 0 bridgehead atoms. The molecule has 3 aliphatic rings. The Morgan fingerprint density at radius 2 is 1.80 bits per heavy atom. The van der Waals surface area contributed by atoms with Crippen LogP contribution in [0.1, 0.15) is 39.0 Å². The van der Waals surface area contributed by atoms with Crippen molar-refractivity contribution in [3.8, 4) is 0 Å².